The molecule has 0 saturated heterocycles. The summed E-state index contributed by atoms with van der Waals surface area (Å²) in [6.07, 6.45) is 0.807. The maximum atomic E-state index is 12.8. The maximum Gasteiger partial charge on any atom is 0.387 e. The van der Waals surface area contributed by atoms with Crippen molar-refractivity contribution in [2.45, 2.75) is 47.3 Å². The Hall–Kier alpha value is -2.58. The van der Waals surface area contributed by atoms with Gasteiger partial charge in [-0.2, -0.15) is 8.78 Å². The third-order valence-electron chi connectivity index (χ3n) is 4.02. The summed E-state index contributed by atoms with van der Waals surface area (Å²) in [4.78, 5) is 16.4. The number of carbonyl (C=O) groups is 1. The lowest BCUT2D eigenvalue weighted by atomic mass is 9.92. The smallest absolute Gasteiger partial charge is 0.387 e. The average molecular weight is 414 g/mol. The maximum absolute atomic E-state index is 12.8. The number of ether oxygens (including phenoxy) is 2. The van der Waals surface area contributed by atoms with Crippen LogP contribution in [0, 0.1) is 5.41 Å². The number of halogens is 2. The summed E-state index contributed by atoms with van der Waals surface area (Å²) < 4.78 is 35.7. The Bertz CT molecular complexity index is 682. The van der Waals surface area contributed by atoms with Gasteiger partial charge < -0.3 is 25.4 Å². The number of benzene rings is 1. The monoisotopic (exact) mass is 414 g/mol. The summed E-state index contributed by atoms with van der Waals surface area (Å²) in [5, 5.41) is 8.81. The molecule has 9 heteroatoms. The fourth-order valence-electron chi connectivity index (χ4n) is 2.41. The van der Waals surface area contributed by atoms with E-state index in [2.05, 4.69) is 25.7 Å². The molecule has 1 amide bonds. The van der Waals surface area contributed by atoms with E-state index in [0.717, 1.165) is 6.42 Å². The third-order valence-corrected chi connectivity index (χ3v) is 4.02. The van der Waals surface area contributed by atoms with Crippen LogP contribution in [-0.4, -0.2) is 45.2 Å². The molecule has 0 aliphatic heterocycles. The molecule has 0 bridgehead atoms. The molecular formula is C20H32F2N4O3. The molecule has 7 nitrogen and oxygen atoms in total. The highest BCUT2D eigenvalue weighted by Gasteiger charge is 2.26. The molecule has 0 fully saturated rings. The van der Waals surface area contributed by atoms with Crippen molar-refractivity contribution in [3.05, 3.63) is 23.8 Å². The predicted octanol–water partition coefficient (Wildman–Crippen LogP) is 2.90. The topological polar surface area (TPSA) is 84.0 Å². The van der Waals surface area contributed by atoms with E-state index in [4.69, 9.17) is 4.74 Å². The quantitative estimate of drug-likeness (QED) is 0.383. The molecule has 0 atom stereocenters. The Morgan fingerprint density at radius 3 is 2.55 bits per heavy atom. The number of nitrogens with one attached hydrogen (secondary N) is 3. The molecule has 0 saturated carbocycles. The van der Waals surface area contributed by atoms with Crippen LogP contribution in [0.3, 0.4) is 0 Å². The summed E-state index contributed by atoms with van der Waals surface area (Å²) in [7, 11) is 1.59. The molecule has 164 valence electrons. The molecule has 0 aliphatic carbocycles. The molecule has 0 heterocycles. The Kier molecular flexibility index (Phi) is 10.2. The van der Waals surface area contributed by atoms with Gasteiger partial charge in [-0.1, -0.05) is 6.92 Å². The molecule has 1 aromatic carbocycles. The molecule has 0 aromatic heterocycles. The first kappa shape index (κ1) is 24.5. The van der Waals surface area contributed by atoms with Crippen molar-refractivity contribution in [3.8, 4) is 11.5 Å². The van der Waals surface area contributed by atoms with Crippen molar-refractivity contribution in [1.82, 2.24) is 16.0 Å². The normalized spacial score (nSPS) is 11.9. The van der Waals surface area contributed by atoms with Gasteiger partial charge in [0.15, 0.2) is 5.96 Å². The summed E-state index contributed by atoms with van der Waals surface area (Å²) >= 11 is 0. The van der Waals surface area contributed by atoms with Crippen LogP contribution in [0.15, 0.2) is 23.2 Å². The standard InChI is InChI=1S/C20H32F2N4O3/c1-6-10-28-15-9-8-14(16(11-15)29-18(21)22)12-25-19(24-7-2)26-13-20(3,4)17(27)23-5/h8-9,11,18H,6-7,10,12-13H2,1-5H3,(H,23,27)(H2,24,25,26). The van der Waals surface area contributed by atoms with Crippen LogP contribution >= 0.6 is 0 Å². The largest absolute Gasteiger partial charge is 0.493 e. The highest BCUT2D eigenvalue weighted by atomic mass is 19.3. The fourth-order valence-corrected chi connectivity index (χ4v) is 2.41. The van der Waals surface area contributed by atoms with Gasteiger partial charge in [0.25, 0.3) is 0 Å². The summed E-state index contributed by atoms with van der Waals surface area (Å²) in [5.41, 5.74) is -0.149. The van der Waals surface area contributed by atoms with E-state index in [1.165, 1.54) is 6.07 Å². The minimum atomic E-state index is -2.95. The number of rotatable bonds is 11. The zero-order valence-electron chi connectivity index (χ0n) is 17.8. The lowest BCUT2D eigenvalue weighted by Gasteiger charge is -2.24. The van der Waals surface area contributed by atoms with E-state index in [1.54, 1.807) is 19.2 Å². The molecule has 3 N–H and O–H groups in total. The van der Waals surface area contributed by atoms with Crippen molar-refractivity contribution in [3.63, 3.8) is 0 Å². The van der Waals surface area contributed by atoms with Gasteiger partial charge in [0.05, 0.1) is 18.6 Å². The van der Waals surface area contributed by atoms with Gasteiger partial charge in [0, 0.05) is 31.8 Å². The zero-order valence-corrected chi connectivity index (χ0v) is 17.8. The predicted molar refractivity (Wildman–Crippen MR) is 110 cm³/mol. The fraction of sp³-hybridized carbons (Fsp3) is 0.600. The van der Waals surface area contributed by atoms with Crippen molar-refractivity contribution in [1.29, 1.82) is 0 Å². The van der Waals surface area contributed by atoms with Crippen LogP contribution in [0.1, 0.15) is 39.7 Å². The van der Waals surface area contributed by atoms with Crippen LogP contribution in [0.5, 0.6) is 11.5 Å². The summed E-state index contributed by atoms with van der Waals surface area (Å²) in [6, 6.07) is 4.81. The Morgan fingerprint density at radius 2 is 1.97 bits per heavy atom. The summed E-state index contributed by atoms with van der Waals surface area (Å²) in [6.45, 7) is 6.11. The van der Waals surface area contributed by atoms with Gasteiger partial charge in [-0.3, -0.25) is 4.79 Å². The second kappa shape index (κ2) is 12.1. The molecule has 0 spiro atoms. The second-order valence-electron chi connectivity index (χ2n) is 7.01. The molecule has 1 rings (SSSR count). The number of hydrogen-bond donors (Lipinski definition) is 3. The van der Waals surface area contributed by atoms with Crippen LogP contribution in [0.2, 0.25) is 0 Å². The van der Waals surface area contributed by atoms with Gasteiger partial charge in [-0.25, -0.2) is 4.99 Å². The zero-order chi connectivity index (χ0) is 21.9. The van der Waals surface area contributed by atoms with Crippen LogP contribution in [-0.2, 0) is 11.3 Å². The lowest BCUT2D eigenvalue weighted by Crippen LogP contribution is -2.47. The van der Waals surface area contributed by atoms with Crippen LogP contribution in [0.25, 0.3) is 0 Å². The van der Waals surface area contributed by atoms with E-state index in [9.17, 15) is 13.6 Å². The first-order chi connectivity index (χ1) is 13.7. The molecule has 0 unspecified atom stereocenters. The van der Waals surface area contributed by atoms with E-state index in [-0.39, 0.29) is 18.2 Å². The van der Waals surface area contributed by atoms with E-state index in [0.29, 0.717) is 37.0 Å². The van der Waals surface area contributed by atoms with Gasteiger partial charge in [0.2, 0.25) is 5.91 Å². The Labute approximate surface area is 171 Å². The number of amides is 1. The first-order valence-electron chi connectivity index (χ1n) is 9.68. The highest BCUT2D eigenvalue weighted by Crippen LogP contribution is 2.27. The molecular weight excluding hydrogens is 382 g/mol. The second-order valence-corrected chi connectivity index (χ2v) is 7.01. The number of carbonyl (C=O) groups excluding carboxylic acids is 1. The molecule has 1 aromatic rings. The minimum Gasteiger partial charge on any atom is -0.493 e. The van der Waals surface area contributed by atoms with Crippen molar-refractivity contribution < 1.29 is 23.0 Å². The van der Waals surface area contributed by atoms with Gasteiger partial charge in [-0.05, 0) is 39.3 Å². The molecule has 0 radical (unpaired) electrons. The van der Waals surface area contributed by atoms with Gasteiger partial charge >= 0.3 is 6.61 Å². The minimum absolute atomic E-state index is 0.0268. The number of aliphatic imine (C=N–C) groups is 1. The van der Waals surface area contributed by atoms with Gasteiger partial charge in [0.1, 0.15) is 11.5 Å². The number of alkyl halides is 2. The van der Waals surface area contributed by atoms with Crippen LogP contribution in [0.4, 0.5) is 8.78 Å². The SMILES string of the molecule is CCCOc1ccc(CN=C(NCC)NCC(C)(C)C(=O)NC)c(OC(F)F)c1. The average Bonchev–Trinajstić information content (AvgIpc) is 2.68. The van der Waals surface area contributed by atoms with E-state index >= 15 is 0 Å². The number of nitrogens with zero attached hydrogens (tertiary/aromatic N) is 1. The van der Waals surface area contributed by atoms with E-state index < -0.39 is 12.0 Å². The molecule has 0 aliphatic rings. The number of guanidine groups is 1. The Balaban J connectivity index is 2.95. The molecule has 29 heavy (non-hydrogen) atoms. The van der Waals surface area contributed by atoms with Crippen molar-refractivity contribution in [2.75, 3.05) is 26.7 Å². The summed E-state index contributed by atoms with van der Waals surface area (Å²) in [5.74, 6) is 0.862. The number of hydrogen-bond acceptors (Lipinski definition) is 4. The first-order valence-corrected chi connectivity index (χ1v) is 9.68. The van der Waals surface area contributed by atoms with Crippen LogP contribution < -0.4 is 25.4 Å². The van der Waals surface area contributed by atoms with Crippen molar-refractivity contribution >= 4 is 11.9 Å². The lowest BCUT2D eigenvalue weighted by molar-refractivity contribution is -0.128. The van der Waals surface area contributed by atoms with E-state index in [1.807, 2.05) is 27.7 Å². The van der Waals surface area contributed by atoms with Crippen molar-refractivity contribution in [2.24, 2.45) is 10.4 Å². The highest BCUT2D eigenvalue weighted by molar-refractivity contribution is 5.84. The van der Waals surface area contributed by atoms with Gasteiger partial charge in [-0.15, -0.1) is 0 Å². The third kappa shape index (κ3) is 8.53. The Morgan fingerprint density at radius 1 is 1.24 bits per heavy atom.